The number of hydrogen-bond donors (Lipinski definition) is 2. The molecular weight excluding hydrogens is 348 g/mol. The van der Waals surface area contributed by atoms with Gasteiger partial charge in [-0.05, 0) is 30.3 Å². The van der Waals surface area contributed by atoms with Gasteiger partial charge in [0.25, 0.3) is 0 Å². The summed E-state index contributed by atoms with van der Waals surface area (Å²) in [6.45, 7) is 1.16. The molecule has 8 heteroatoms. The molecule has 0 aliphatic carbocycles. The van der Waals surface area contributed by atoms with Gasteiger partial charge >= 0.3 is 5.97 Å². The topological polar surface area (TPSA) is 106 Å². The number of aliphatic hydroxyl groups is 1. The molecule has 0 saturated heterocycles. The Kier molecular flexibility index (Phi) is 6.24. The average Bonchev–Trinajstić information content (AvgIpc) is 2.73. The third kappa shape index (κ3) is 4.55. The van der Waals surface area contributed by atoms with E-state index in [1.54, 1.807) is 30.6 Å². The molecule has 0 fully saturated rings. The second-order valence-electron chi connectivity index (χ2n) is 5.62. The molecule has 0 saturated carbocycles. The standard InChI is InChI=1S/C19H20N4O4/c1-26-19(25)14-2-3-16-15(12-14)18(21-8-10-27-11-9-24)23-17(22-16)13-4-6-20-7-5-13/h2-7,12,24H,8-11H2,1H3,(H,21,22,23). The Morgan fingerprint density at radius 2 is 1.96 bits per heavy atom. The number of carbonyl (C=O) groups excluding carboxylic acids is 1. The van der Waals surface area contributed by atoms with E-state index in [0.29, 0.717) is 41.3 Å². The number of pyridine rings is 1. The van der Waals surface area contributed by atoms with Crippen molar-refractivity contribution in [3.05, 3.63) is 48.3 Å². The number of methoxy groups -OCH3 is 1. The fourth-order valence-corrected chi connectivity index (χ4v) is 2.55. The van der Waals surface area contributed by atoms with Gasteiger partial charge < -0.3 is 19.9 Å². The molecule has 27 heavy (non-hydrogen) atoms. The van der Waals surface area contributed by atoms with E-state index in [4.69, 9.17) is 14.6 Å². The monoisotopic (exact) mass is 368 g/mol. The second-order valence-corrected chi connectivity index (χ2v) is 5.62. The number of anilines is 1. The number of nitrogens with one attached hydrogen (secondary N) is 1. The van der Waals surface area contributed by atoms with Crippen LogP contribution in [0.4, 0.5) is 5.82 Å². The summed E-state index contributed by atoms with van der Waals surface area (Å²) in [5.74, 6) is 0.715. The summed E-state index contributed by atoms with van der Waals surface area (Å²) in [5, 5.41) is 12.7. The molecule has 0 aliphatic heterocycles. The summed E-state index contributed by atoms with van der Waals surface area (Å²) in [6.07, 6.45) is 3.36. The van der Waals surface area contributed by atoms with E-state index >= 15 is 0 Å². The molecule has 0 aliphatic rings. The maximum atomic E-state index is 11.9. The normalized spacial score (nSPS) is 10.7. The lowest BCUT2D eigenvalue weighted by Gasteiger charge is -2.12. The molecule has 0 spiro atoms. The number of aromatic nitrogens is 3. The highest BCUT2D eigenvalue weighted by Crippen LogP contribution is 2.26. The van der Waals surface area contributed by atoms with Crippen LogP contribution < -0.4 is 5.32 Å². The molecule has 3 rings (SSSR count). The molecule has 2 heterocycles. The summed E-state index contributed by atoms with van der Waals surface area (Å²) in [6, 6.07) is 8.80. The van der Waals surface area contributed by atoms with Crippen LogP contribution in [0, 0.1) is 0 Å². The first-order valence-corrected chi connectivity index (χ1v) is 8.46. The first kappa shape index (κ1) is 18.7. The summed E-state index contributed by atoms with van der Waals surface area (Å²) < 4.78 is 10.1. The van der Waals surface area contributed by atoms with Crippen LogP contribution in [0.3, 0.4) is 0 Å². The maximum absolute atomic E-state index is 11.9. The summed E-state index contributed by atoms with van der Waals surface area (Å²) in [5.41, 5.74) is 1.96. The third-order valence-corrected chi connectivity index (χ3v) is 3.83. The highest BCUT2D eigenvalue weighted by atomic mass is 16.5. The number of rotatable bonds is 8. The van der Waals surface area contributed by atoms with Gasteiger partial charge in [-0.2, -0.15) is 0 Å². The van der Waals surface area contributed by atoms with Crippen LogP contribution in [0.25, 0.3) is 22.3 Å². The van der Waals surface area contributed by atoms with Gasteiger partial charge in [0, 0.05) is 29.9 Å². The molecule has 140 valence electrons. The minimum atomic E-state index is -0.424. The van der Waals surface area contributed by atoms with Crippen LogP contribution >= 0.6 is 0 Å². The second kappa shape index (κ2) is 9.02. The van der Waals surface area contributed by atoms with Crippen molar-refractivity contribution in [2.24, 2.45) is 0 Å². The molecule has 0 unspecified atom stereocenters. The molecule has 3 aromatic rings. The first-order valence-electron chi connectivity index (χ1n) is 8.46. The number of ether oxygens (including phenoxy) is 2. The van der Waals surface area contributed by atoms with Crippen LogP contribution in [0.1, 0.15) is 10.4 Å². The van der Waals surface area contributed by atoms with Crippen LogP contribution in [0.5, 0.6) is 0 Å². The van der Waals surface area contributed by atoms with E-state index in [2.05, 4.69) is 20.3 Å². The van der Waals surface area contributed by atoms with Gasteiger partial charge in [-0.1, -0.05) is 0 Å². The van der Waals surface area contributed by atoms with Gasteiger partial charge in [-0.3, -0.25) is 4.98 Å². The minimum absolute atomic E-state index is 0.0227. The SMILES string of the molecule is COC(=O)c1ccc2nc(-c3ccncc3)nc(NCCOCCO)c2c1. The fourth-order valence-electron chi connectivity index (χ4n) is 2.55. The minimum Gasteiger partial charge on any atom is -0.465 e. The smallest absolute Gasteiger partial charge is 0.337 e. The largest absolute Gasteiger partial charge is 0.465 e. The zero-order valence-corrected chi connectivity index (χ0v) is 14.9. The Morgan fingerprint density at radius 3 is 2.70 bits per heavy atom. The van der Waals surface area contributed by atoms with Crippen molar-refractivity contribution in [2.45, 2.75) is 0 Å². The van der Waals surface area contributed by atoms with Gasteiger partial charge in [-0.15, -0.1) is 0 Å². The number of benzene rings is 1. The Balaban J connectivity index is 1.98. The van der Waals surface area contributed by atoms with Crippen molar-refractivity contribution >= 4 is 22.7 Å². The first-order chi connectivity index (χ1) is 13.2. The average molecular weight is 368 g/mol. The molecule has 1 aromatic carbocycles. The molecule has 8 nitrogen and oxygen atoms in total. The van der Waals surface area contributed by atoms with Gasteiger partial charge in [-0.25, -0.2) is 14.8 Å². The van der Waals surface area contributed by atoms with Gasteiger partial charge in [0.15, 0.2) is 5.82 Å². The maximum Gasteiger partial charge on any atom is 0.337 e. The van der Waals surface area contributed by atoms with Crippen molar-refractivity contribution in [2.75, 3.05) is 38.8 Å². The lowest BCUT2D eigenvalue weighted by Crippen LogP contribution is -2.13. The molecular formula is C19H20N4O4. The van der Waals surface area contributed by atoms with Crippen molar-refractivity contribution in [3.8, 4) is 11.4 Å². The molecule has 2 N–H and O–H groups in total. The zero-order chi connectivity index (χ0) is 19.1. The highest BCUT2D eigenvalue weighted by molar-refractivity contribution is 5.98. The number of aliphatic hydroxyl groups excluding tert-OH is 1. The van der Waals surface area contributed by atoms with E-state index < -0.39 is 5.97 Å². The Labute approximate surface area is 156 Å². The number of fused-ring (bicyclic) bond motifs is 1. The Hall–Kier alpha value is -3.10. The number of nitrogens with zero attached hydrogens (tertiary/aromatic N) is 3. The third-order valence-electron chi connectivity index (χ3n) is 3.83. The zero-order valence-electron chi connectivity index (χ0n) is 14.9. The lowest BCUT2D eigenvalue weighted by atomic mass is 10.1. The predicted molar refractivity (Wildman–Crippen MR) is 101 cm³/mol. The number of carbonyl (C=O) groups is 1. The van der Waals surface area contributed by atoms with Crippen molar-refractivity contribution < 1.29 is 19.4 Å². The van der Waals surface area contributed by atoms with E-state index in [0.717, 1.165) is 5.56 Å². The van der Waals surface area contributed by atoms with Crippen LogP contribution in [0.15, 0.2) is 42.7 Å². The number of hydrogen-bond acceptors (Lipinski definition) is 8. The summed E-state index contributed by atoms with van der Waals surface area (Å²) in [7, 11) is 1.34. The molecule has 0 amide bonds. The number of esters is 1. The van der Waals surface area contributed by atoms with Crippen LogP contribution in [0.2, 0.25) is 0 Å². The molecule has 0 atom stereocenters. The Bertz CT molecular complexity index is 918. The van der Waals surface area contributed by atoms with Crippen molar-refractivity contribution in [1.29, 1.82) is 0 Å². The van der Waals surface area contributed by atoms with Crippen molar-refractivity contribution in [1.82, 2.24) is 15.0 Å². The van der Waals surface area contributed by atoms with Crippen LogP contribution in [-0.2, 0) is 9.47 Å². The van der Waals surface area contributed by atoms with Gasteiger partial charge in [0.1, 0.15) is 5.82 Å². The summed E-state index contributed by atoms with van der Waals surface area (Å²) >= 11 is 0. The summed E-state index contributed by atoms with van der Waals surface area (Å²) in [4.78, 5) is 25.1. The van der Waals surface area contributed by atoms with E-state index in [-0.39, 0.29) is 13.2 Å². The highest BCUT2D eigenvalue weighted by Gasteiger charge is 2.13. The van der Waals surface area contributed by atoms with Crippen LogP contribution in [-0.4, -0.2) is 59.5 Å². The predicted octanol–water partition coefficient (Wildman–Crippen LogP) is 1.90. The van der Waals surface area contributed by atoms with E-state index in [1.807, 2.05) is 12.1 Å². The quantitative estimate of drug-likeness (QED) is 0.459. The lowest BCUT2D eigenvalue weighted by molar-refractivity contribution is 0.0601. The molecule has 0 bridgehead atoms. The van der Waals surface area contributed by atoms with Gasteiger partial charge in [0.2, 0.25) is 0 Å². The molecule has 2 aromatic heterocycles. The van der Waals surface area contributed by atoms with E-state index in [9.17, 15) is 4.79 Å². The van der Waals surface area contributed by atoms with Crippen molar-refractivity contribution in [3.63, 3.8) is 0 Å². The van der Waals surface area contributed by atoms with Gasteiger partial charge in [0.05, 0.1) is 38.0 Å². The van der Waals surface area contributed by atoms with E-state index in [1.165, 1.54) is 7.11 Å². The molecule has 0 radical (unpaired) electrons. The fraction of sp³-hybridized carbons (Fsp3) is 0.263. The Morgan fingerprint density at radius 1 is 1.15 bits per heavy atom.